The van der Waals surface area contributed by atoms with E-state index in [0.29, 0.717) is 47.5 Å². The summed E-state index contributed by atoms with van der Waals surface area (Å²) in [6.07, 6.45) is 0.805. The van der Waals surface area contributed by atoms with Crippen LogP contribution in [0.4, 0.5) is 5.69 Å². The number of carbonyl (C=O) groups excluding carboxylic acids is 2. The van der Waals surface area contributed by atoms with Gasteiger partial charge in [-0.2, -0.15) is 0 Å². The van der Waals surface area contributed by atoms with E-state index in [9.17, 15) is 9.59 Å². The van der Waals surface area contributed by atoms with Gasteiger partial charge in [-0.1, -0.05) is 0 Å². The number of benzene rings is 1. The highest BCUT2D eigenvalue weighted by atomic mass is 16.5. The zero-order valence-corrected chi connectivity index (χ0v) is 14.1. The first-order valence-corrected chi connectivity index (χ1v) is 7.96. The quantitative estimate of drug-likeness (QED) is 0.858. The Bertz CT molecular complexity index is 795. The topological polar surface area (TPSA) is 87.0 Å². The van der Waals surface area contributed by atoms with Gasteiger partial charge in [0.05, 0.1) is 13.2 Å². The minimum atomic E-state index is -0.594. The summed E-state index contributed by atoms with van der Waals surface area (Å²) in [6.45, 7) is 4.17. The number of hydrogen-bond acceptors (Lipinski definition) is 6. The largest absolute Gasteiger partial charge is 0.490 e. The molecule has 1 N–H and O–H groups in total. The van der Waals surface area contributed by atoms with Gasteiger partial charge in [-0.05, 0) is 32.0 Å². The average molecular weight is 345 g/mol. The number of esters is 1. The summed E-state index contributed by atoms with van der Waals surface area (Å²) in [5, 5.41) is 2.66. The molecule has 0 aliphatic carbocycles. The van der Waals surface area contributed by atoms with Crippen LogP contribution in [0, 0.1) is 13.8 Å². The summed E-state index contributed by atoms with van der Waals surface area (Å²) in [7, 11) is 0. The van der Waals surface area contributed by atoms with E-state index in [1.54, 1.807) is 38.1 Å². The summed E-state index contributed by atoms with van der Waals surface area (Å²) in [5.41, 5.74) is 0.863. The minimum absolute atomic E-state index is 0.320. The van der Waals surface area contributed by atoms with Gasteiger partial charge in [0.15, 0.2) is 18.1 Å². The van der Waals surface area contributed by atoms with Gasteiger partial charge >= 0.3 is 5.97 Å². The number of aryl methyl sites for hydroxylation is 2. The lowest BCUT2D eigenvalue weighted by molar-refractivity contribution is -0.119. The second-order valence-electron chi connectivity index (χ2n) is 5.66. The van der Waals surface area contributed by atoms with Gasteiger partial charge in [0, 0.05) is 18.2 Å². The summed E-state index contributed by atoms with van der Waals surface area (Å²) >= 11 is 0. The lowest BCUT2D eigenvalue weighted by Gasteiger charge is -2.10. The van der Waals surface area contributed by atoms with Crippen LogP contribution in [-0.4, -0.2) is 31.7 Å². The van der Waals surface area contributed by atoms with Gasteiger partial charge < -0.3 is 23.9 Å². The fourth-order valence-corrected chi connectivity index (χ4v) is 2.48. The Kier molecular flexibility index (Phi) is 4.92. The standard InChI is InChI=1S/C18H19NO6/c1-11-8-14(12(2)25-11)18(21)24-10-17(20)19-13-4-5-15-16(9-13)23-7-3-6-22-15/h4-5,8-9H,3,6-7,10H2,1-2H3,(H,19,20). The first-order chi connectivity index (χ1) is 12.0. The number of anilines is 1. The first kappa shape index (κ1) is 16.9. The third-order valence-corrected chi connectivity index (χ3v) is 3.63. The molecule has 7 nitrogen and oxygen atoms in total. The van der Waals surface area contributed by atoms with Gasteiger partial charge in [-0.15, -0.1) is 0 Å². The highest BCUT2D eigenvalue weighted by molar-refractivity contribution is 5.96. The molecule has 1 amide bonds. The number of fused-ring (bicyclic) bond motifs is 1. The third-order valence-electron chi connectivity index (χ3n) is 3.63. The van der Waals surface area contributed by atoms with Gasteiger partial charge in [-0.25, -0.2) is 4.79 Å². The van der Waals surface area contributed by atoms with Crippen molar-refractivity contribution in [3.05, 3.63) is 41.3 Å². The van der Waals surface area contributed by atoms with Gasteiger partial charge in [0.25, 0.3) is 5.91 Å². The van der Waals surface area contributed by atoms with Gasteiger partial charge in [-0.3, -0.25) is 4.79 Å². The van der Waals surface area contributed by atoms with E-state index in [1.807, 2.05) is 0 Å². The summed E-state index contributed by atoms with van der Waals surface area (Å²) in [5.74, 6) is 1.26. The van der Waals surface area contributed by atoms with E-state index in [-0.39, 0.29) is 0 Å². The average Bonchev–Trinajstić information content (AvgIpc) is 2.79. The molecule has 3 rings (SSSR count). The zero-order chi connectivity index (χ0) is 17.8. The Morgan fingerprint density at radius 1 is 1.12 bits per heavy atom. The molecule has 0 radical (unpaired) electrons. The first-order valence-electron chi connectivity index (χ1n) is 7.96. The van der Waals surface area contributed by atoms with Gasteiger partial charge in [0.1, 0.15) is 17.1 Å². The summed E-state index contributed by atoms with van der Waals surface area (Å²) < 4.78 is 21.4. The maximum absolute atomic E-state index is 12.0. The van der Waals surface area contributed by atoms with E-state index >= 15 is 0 Å². The Balaban J connectivity index is 1.57. The second kappa shape index (κ2) is 7.29. The fraction of sp³-hybridized carbons (Fsp3) is 0.333. The number of carbonyl (C=O) groups is 2. The Morgan fingerprint density at radius 2 is 1.88 bits per heavy atom. The normalized spacial score (nSPS) is 13.0. The molecule has 0 spiro atoms. The van der Waals surface area contributed by atoms with Crippen LogP contribution in [0.2, 0.25) is 0 Å². The van der Waals surface area contributed by atoms with Crippen molar-refractivity contribution in [2.75, 3.05) is 25.1 Å². The van der Waals surface area contributed by atoms with Crippen LogP contribution in [0.3, 0.4) is 0 Å². The van der Waals surface area contributed by atoms with E-state index in [1.165, 1.54) is 0 Å². The van der Waals surface area contributed by atoms with Crippen molar-refractivity contribution in [3.8, 4) is 11.5 Å². The molecule has 0 bridgehead atoms. The molecular formula is C18H19NO6. The molecule has 0 unspecified atom stereocenters. The van der Waals surface area contributed by atoms with Crippen molar-refractivity contribution in [3.63, 3.8) is 0 Å². The van der Waals surface area contributed by atoms with Crippen molar-refractivity contribution >= 4 is 17.6 Å². The molecule has 0 saturated heterocycles. The Hall–Kier alpha value is -2.96. The molecule has 25 heavy (non-hydrogen) atoms. The monoisotopic (exact) mass is 345 g/mol. The minimum Gasteiger partial charge on any atom is -0.490 e. The molecule has 0 fully saturated rings. The number of amides is 1. The predicted molar refractivity (Wildman–Crippen MR) is 89.1 cm³/mol. The van der Waals surface area contributed by atoms with Crippen molar-refractivity contribution in [1.82, 2.24) is 0 Å². The number of nitrogens with one attached hydrogen (secondary N) is 1. The number of ether oxygens (including phenoxy) is 3. The molecule has 1 aromatic heterocycles. The van der Waals surface area contributed by atoms with Crippen molar-refractivity contribution in [2.45, 2.75) is 20.3 Å². The van der Waals surface area contributed by atoms with Crippen LogP contribution in [0.25, 0.3) is 0 Å². The van der Waals surface area contributed by atoms with Crippen molar-refractivity contribution < 1.29 is 28.2 Å². The van der Waals surface area contributed by atoms with Crippen LogP contribution in [-0.2, 0) is 9.53 Å². The van der Waals surface area contributed by atoms with Crippen LogP contribution in [0.1, 0.15) is 28.3 Å². The van der Waals surface area contributed by atoms with Crippen LogP contribution in [0.5, 0.6) is 11.5 Å². The van der Waals surface area contributed by atoms with Crippen LogP contribution in [0.15, 0.2) is 28.7 Å². The molecule has 7 heteroatoms. The zero-order valence-electron chi connectivity index (χ0n) is 14.1. The molecule has 1 aliphatic rings. The van der Waals surface area contributed by atoms with Crippen molar-refractivity contribution in [2.24, 2.45) is 0 Å². The predicted octanol–water partition coefficient (Wildman–Crippen LogP) is 2.85. The van der Waals surface area contributed by atoms with Crippen LogP contribution >= 0.6 is 0 Å². The summed E-state index contributed by atoms with van der Waals surface area (Å²) in [6, 6.07) is 6.71. The number of hydrogen-bond donors (Lipinski definition) is 1. The number of rotatable bonds is 4. The molecule has 2 aromatic rings. The van der Waals surface area contributed by atoms with Crippen LogP contribution < -0.4 is 14.8 Å². The Morgan fingerprint density at radius 3 is 2.60 bits per heavy atom. The number of furan rings is 1. The molecule has 0 saturated carbocycles. The molecule has 1 aromatic carbocycles. The lowest BCUT2D eigenvalue weighted by Crippen LogP contribution is -2.21. The van der Waals surface area contributed by atoms with E-state index in [0.717, 1.165) is 6.42 Å². The molecular weight excluding hydrogens is 326 g/mol. The molecule has 132 valence electrons. The lowest BCUT2D eigenvalue weighted by atomic mass is 10.2. The summed E-state index contributed by atoms with van der Waals surface area (Å²) in [4.78, 5) is 24.0. The third kappa shape index (κ3) is 4.12. The van der Waals surface area contributed by atoms with E-state index in [4.69, 9.17) is 18.6 Å². The van der Waals surface area contributed by atoms with Gasteiger partial charge in [0.2, 0.25) is 0 Å². The highest BCUT2D eigenvalue weighted by Gasteiger charge is 2.17. The smallest absolute Gasteiger partial charge is 0.342 e. The molecule has 1 aliphatic heterocycles. The fourth-order valence-electron chi connectivity index (χ4n) is 2.48. The molecule has 0 atom stereocenters. The van der Waals surface area contributed by atoms with Crippen molar-refractivity contribution in [1.29, 1.82) is 0 Å². The maximum atomic E-state index is 12.0. The highest BCUT2D eigenvalue weighted by Crippen LogP contribution is 2.32. The van der Waals surface area contributed by atoms with E-state index < -0.39 is 18.5 Å². The molecule has 2 heterocycles. The van der Waals surface area contributed by atoms with E-state index in [2.05, 4.69) is 5.32 Å². The maximum Gasteiger partial charge on any atom is 0.342 e. The second-order valence-corrected chi connectivity index (χ2v) is 5.66. The Labute approximate surface area is 144 Å². The SMILES string of the molecule is Cc1cc(C(=O)OCC(=O)Nc2ccc3c(c2)OCCCO3)c(C)o1.